The van der Waals surface area contributed by atoms with Gasteiger partial charge in [-0.2, -0.15) is 0 Å². The average Bonchev–Trinajstić information content (AvgIpc) is 2.36. The number of hydrogen-bond acceptors (Lipinski definition) is 1. The van der Waals surface area contributed by atoms with E-state index in [0.29, 0.717) is 5.75 Å². The molecule has 0 saturated carbocycles. The van der Waals surface area contributed by atoms with E-state index in [1.165, 1.54) is 0 Å². The highest BCUT2D eigenvalue weighted by Crippen LogP contribution is 2.36. The van der Waals surface area contributed by atoms with Crippen molar-refractivity contribution in [1.29, 1.82) is 0 Å². The molecule has 0 amide bonds. The van der Waals surface area contributed by atoms with Gasteiger partial charge in [0.2, 0.25) is 0 Å². The van der Waals surface area contributed by atoms with E-state index in [1.807, 2.05) is 43.3 Å². The van der Waals surface area contributed by atoms with Crippen molar-refractivity contribution >= 4 is 22.9 Å². The fourth-order valence-corrected chi connectivity index (χ4v) is 2.23. The number of aryl methyl sites for hydroxylation is 1. The Balaban J connectivity index is 2.98. The van der Waals surface area contributed by atoms with E-state index < -0.39 is 0 Å². The molecule has 0 unspecified atom stereocenters. The largest absolute Gasteiger partial charge is 0.507 e. The third kappa shape index (κ3) is 1.74. The first kappa shape index (κ1) is 11.5. The highest BCUT2D eigenvalue weighted by molar-refractivity contribution is 5.97. The molecular weight excluding hydrogens is 208 g/mol. The first-order chi connectivity index (χ1) is 8.20. The number of benzene rings is 2. The molecule has 0 saturated heterocycles. The molecule has 2 aromatic carbocycles. The predicted octanol–water partition coefficient (Wildman–Crippen LogP) is 4.53. The van der Waals surface area contributed by atoms with Crippen molar-refractivity contribution in [3.8, 4) is 5.75 Å². The maximum atomic E-state index is 10.3. The van der Waals surface area contributed by atoms with E-state index in [-0.39, 0.29) is 0 Å². The molecular formula is C16H16O. The van der Waals surface area contributed by atoms with E-state index in [9.17, 15) is 5.11 Å². The van der Waals surface area contributed by atoms with Crippen LogP contribution in [-0.2, 0) is 0 Å². The Hall–Kier alpha value is -2.02. The molecule has 1 nitrogen and oxygen atoms in total. The lowest BCUT2D eigenvalue weighted by molar-refractivity contribution is 0.480. The Kier molecular flexibility index (Phi) is 3.01. The van der Waals surface area contributed by atoms with Crippen LogP contribution in [0.5, 0.6) is 5.75 Å². The van der Waals surface area contributed by atoms with Crippen LogP contribution in [0.2, 0.25) is 0 Å². The summed E-state index contributed by atoms with van der Waals surface area (Å²) in [7, 11) is 0. The van der Waals surface area contributed by atoms with Gasteiger partial charge in [-0.3, -0.25) is 0 Å². The highest BCUT2D eigenvalue weighted by atomic mass is 16.3. The molecule has 1 N–H and O–H groups in total. The van der Waals surface area contributed by atoms with Crippen molar-refractivity contribution in [3.63, 3.8) is 0 Å². The molecule has 0 aromatic heterocycles. The Morgan fingerprint density at radius 3 is 2.35 bits per heavy atom. The van der Waals surface area contributed by atoms with Crippen LogP contribution in [0.4, 0.5) is 0 Å². The van der Waals surface area contributed by atoms with E-state index in [1.54, 1.807) is 6.08 Å². The zero-order valence-corrected chi connectivity index (χ0v) is 10.2. The number of aromatic hydroxyl groups is 1. The molecule has 0 atom stereocenters. The van der Waals surface area contributed by atoms with Crippen LogP contribution in [0, 0.1) is 6.92 Å². The molecule has 86 valence electrons. The Morgan fingerprint density at radius 1 is 1.12 bits per heavy atom. The number of phenols is 1. The van der Waals surface area contributed by atoms with Crippen molar-refractivity contribution in [2.45, 2.75) is 13.8 Å². The maximum absolute atomic E-state index is 10.3. The molecule has 0 fully saturated rings. The topological polar surface area (TPSA) is 20.2 Å². The summed E-state index contributed by atoms with van der Waals surface area (Å²) in [4.78, 5) is 0. The molecule has 0 aliphatic rings. The molecule has 2 rings (SSSR count). The van der Waals surface area contributed by atoms with Crippen LogP contribution in [0.3, 0.4) is 0 Å². The minimum absolute atomic E-state index is 0.333. The Labute approximate surface area is 102 Å². The van der Waals surface area contributed by atoms with Gasteiger partial charge in [-0.05, 0) is 30.4 Å². The summed E-state index contributed by atoms with van der Waals surface area (Å²) in [6.07, 6.45) is 5.65. The summed E-state index contributed by atoms with van der Waals surface area (Å²) in [6.45, 7) is 7.84. The number of rotatable bonds is 2. The van der Waals surface area contributed by atoms with Gasteiger partial charge in [0.1, 0.15) is 5.75 Å². The third-order valence-corrected chi connectivity index (χ3v) is 3.07. The van der Waals surface area contributed by atoms with Gasteiger partial charge in [0.05, 0.1) is 0 Å². The molecule has 0 radical (unpaired) electrons. The SMILES string of the molecule is C=Cc1c(/C=C\C)c(O)c2ccccc2c1C. The molecule has 17 heavy (non-hydrogen) atoms. The first-order valence-electron chi connectivity index (χ1n) is 5.70. The lowest BCUT2D eigenvalue weighted by Crippen LogP contribution is -1.90. The summed E-state index contributed by atoms with van der Waals surface area (Å²) in [6, 6.07) is 7.89. The van der Waals surface area contributed by atoms with Gasteiger partial charge in [-0.15, -0.1) is 0 Å². The summed E-state index contributed by atoms with van der Waals surface area (Å²) in [5.41, 5.74) is 3.00. The molecule has 2 aromatic rings. The average molecular weight is 224 g/mol. The second-order valence-corrected chi connectivity index (χ2v) is 4.05. The monoisotopic (exact) mass is 224 g/mol. The minimum Gasteiger partial charge on any atom is -0.507 e. The van der Waals surface area contributed by atoms with Crippen LogP contribution in [-0.4, -0.2) is 5.11 Å². The van der Waals surface area contributed by atoms with Crippen molar-refractivity contribution in [3.05, 3.63) is 53.6 Å². The lowest BCUT2D eigenvalue weighted by Gasteiger charge is -2.13. The van der Waals surface area contributed by atoms with Crippen LogP contribution < -0.4 is 0 Å². The lowest BCUT2D eigenvalue weighted by atomic mass is 9.93. The van der Waals surface area contributed by atoms with Gasteiger partial charge in [-0.25, -0.2) is 0 Å². The summed E-state index contributed by atoms with van der Waals surface area (Å²) < 4.78 is 0. The second kappa shape index (κ2) is 4.46. The smallest absolute Gasteiger partial charge is 0.131 e. The van der Waals surface area contributed by atoms with E-state index in [4.69, 9.17) is 0 Å². The Morgan fingerprint density at radius 2 is 1.76 bits per heavy atom. The van der Waals surface area contributed by atoms with Gasteiger partial charge < -0.3 is 5.11 Å². The second-order valence-electron chi connectivity index (χ2n) is 4.05. The molecule has 0 heterocycles. The first-order valence-corrected chi connectivity index (χ1v) is 5.70. The fourth-order valence-electron chi connectivity index (χ4n) is 2.23. The van der Waals surface area contributed by atoms with E-state index in [0.717, 1.165) is 27.5 Å². The number of fused-ring (bicyclic) bond motifs is 1. The van der Waals surface area contributed by atoms with Crippen molar-refractivity contribution < 1.29 is 5.11 Å². The van der Waals surface area contributed by atoms with Gasteiger partial charge in [-0.1, -0.05) is 49.1 Å². The summed E-state index contributed by atoms with van der Waals surface area (Å²) in [5, 5.41) is 12.3. The van der Waals surface area contributed by atoms with Crippen molar-refractivity contribution in [2.24, 2.45) is 0 Å². The van der Waals surface area contributed by atoms with E-state index >= 15 is 0 Å². The van der Waals surface area contributed by atoms with Crippen LogP contribution in [0.1, 0.15) is 23.6 Å². The maximum Gasteiger partial charge on any atom is 0.131 e. The quantitative estimate of drug-likeness (QED) is 0.794. The van der Waals surface area contributed by atoms with Crippen molar-refractivity contribution in [1.82, 2.24) is 0 Å². The predicted molar refractivity (Wildman–Crippen MR) is 75.1 cm³/mol. The number of allylic oxidation sites excluding steroid dienone is 1. The Bertz CT molecular complexity index is 606. The van der Waals surface area contributed by atoms with Gasteiger partial charge >= 0.3 is 0 Å². The van der Waals surface area contributed by atoms with Crippen LogP contribution >= 0.6 is 0 Å². The summed E-state index contributed by atoms with van der Waals surface area (Å²) in [5.74, 6) is 0.333. The fraction of sp³-hybridized carbons (Fsp3) is 0.125. The standard InChI is InChI=1S/C16H16O/c1-4-8-14-12(5-2)11(3)13-9-6-7-10-15(13)16(14)17/h4-10,17H,2H2,1,3H3/b8-4-. The number of hydrogen-bond donors (Lipinski definition) is 1. The molecule has 0 aliphatic carbocycles. The molecule has 0 spiro atoms. The van der Waals surface area contributed by atoms with Crippen LogP contribution in [0.25, 0.3) is 22.9 Å². The third-order valence-electron chi connectivity index (χ3n) is 3.07. The minimum atomic E-state index is 0.333. The van der Waals surface area contributed by atoms with Crippen molar-refractivity contribution in [2.75, 3.05) is 0 Å². The number of phenolic OH excluding ortho intramolecular Hbond substituents is 1. The van der Waals surface area contributed by atoms with Gasteiger partial charge in [0, 0.05) is 10.9 Å². The van der Waals surface area contributed by atoms with Crippen LogP contribution in [0.15, 0.2) is 36.9 Å². The molecule has 0 aliphatic heterocycles. The van der Waals surface area contributed by atoms with E-state index in [2.05, 4.69) is 13.5 Å². The van der Waals surface area contributed by atoms with Gasteiger partial charge in [0.15, 0.2) is 0 Å². The zero-order chi connectivity index (χ0) is 12.4. The summed E-state index contributed by atoms with van der Waals surface area (Å²) >= 11 is 0. The molecule has 1 heteroatoms. The molecule has 0 bridgehead atoms. The zero-order valence-electron chi connectivity index (χ0n) is 10.2. The van der Waals surface area contributed by atoms with Gasteiger partial charge in [0.25, 0.3) is 0 Å². The normalized spacial score (nSPS) is 11.2. The highest BCUT2D eigenvalue weighted by Gasteiger charge is 2.12.